The molecule has 1 aliphatic carbocycles. The third-order valence-corrected chi connectivity index (χ3v) is 4.57. The summed E-state index contributed by atoms with van der Waals surface area (Å²) in [7, 11) is 3.56. The monoisotopic (exact) mass is 247 g/mol. The smallest absolute Gasteiger partial charge is 0.119 e. The zero-order valence-corrected chi connectivity index (χ0v) is 11.2. The predicted molar refractivity (Wildman–Crippen MR) is 71.0 cm³/mol. The van der Waals surface area contributed by atoms with Crippen LogP contribution in [0.4, 0.5) is 0 Å². The number of hydrogen-bond acceptors (Lipinski definition) is 3. The van der Waals surface area contributed by atoms with E-state index >= 15 is 0 Å². The molecule has 0 aromatic heterocycles. The van der Waals surface area contributed by atoms with E-state index in [1.165, 1.54) is 24.0 Å². The standard InChI is InChI=1S/C15H21NO2/c1-17-12-4-3-11-10-15(5-7-16-8-6-15)14(18-2)13(11)9-12/h3-4,9,14,16H,5-8,10H2,1-2H3. The number of hydrogen-bond donors (Lipinski definition) is 1. The minimum atomic E-state index is 0.227. The molecule has 1 heterocycles. The molecule has 0 amide bonds. The zero-order valence-electron chi connectivity index (χ0n) is 11.2. The molecule has 0 radical (unpaired) electrons. The Hall–Kier alpha value is -1.06. The van der Waals surface area contributed by atoms with Crippen molar-refractivity contribution < 1.29 is 9.47 Å². The maximum absolute atomic E-state index is 5.85. The van der Waals surface area contributed by atoms with Gasteiger partial charge in [-0.3, -0.25) is 0 Å². The van der Waals surface area contributed by atoms with Gasteiger partial charge < -0.3 is 14.8 Å². The van der Waals surface area contributed by atoms with E-state index in [-0.39, 0.29) is 6.10 Å². The maximum atomic E-state index is 5.85. The van der Waals surface area contributed by atoms with Gasteiger partial charge in [-0.2, -0.15) is 0 Å². The molecular weight excluding hydrogens is 226 g/mol. The second kappa shape index (κ2) is 4.56. The molecule has 1 aromatic rings. The minimum absolute atomic E-state index is 0.227. The molecule has 0 saturated carbocycles. The van der Waals surface area contributed by atoms with Crippen LogP contribution in [-0.4, -0.2) is 27.3 Å². The van der Waals surface area contributed by atoms with Gasteiger partial charge in [-0.1, -0.05) is 6.07 Å². The highest BCUT2D eigenvalue weighted by molar-refractivity contribution is 5.43. The number of benzene rings is 1. The van der Waals surface area contributed by atoms with Crippen LogP contribution in [0.25, 0.3) is 0 Å². The Morgan fingerprint density at radius 2 is 2.00 bits per heavy atom. The summed E-state index contributed by atoms with van der Waals surface area (Å²) < 4.78 is 11.2. The van der Waals surface area contributed by atoms with Crippen LogP contribution in [0.5, 0.6) is 5.75 Å². The van der Waals surface area contributed by atoms with E-state index in [1.807, 2.05) is 7.11 Å². The molecule has 3 rings (SSSR count). The molecule has 1 N–H and O–H groups in total. The van der Waals surface area contributed by atoms with E-state index in [4.69, 9.17) is 9.47 Å². The summed E-state index contributed by atoms with van der Waals surface area (Å²) >= 11 is 0. The number of methoxy groups -OCH3 is 2. The molecule has 1 spiro atoms. The van der Waals surface area contributed by atoms with E-state index in [0.717, 1.165) is 25.3 Å². The quantitative estimate of drug-likeness (QED) is 0.870. The number of ether oxygens (including phenoxy) is 2. The van der Waals surface area contributed by atoms with Gasteiger partial charge in [-0.05, 0) is 55.6 Å². The molecule has 1 aliphatic heterocycles. The van der Waals surface area contributed by atoms with Crippen molar-refractivity contribution in [3.8, 4) is 5.75 Å². The van der Waals surface area contributed by atoms with Gasteiger partial charge in [-0.15, -0.1) is 0 Å². The van der Waals surface area contributed by atoms with Gasteiger partial charge in [0.15, 0.2) is 0 Å². The van der Waals surface area contributed by atoms with Gasteiger partial charge in [0.2, 0.25) is 0 Å². The van der Waals surface area contributed by atoms with Crippen LogP contribution in [0.3, 0.4) is 0 Å². The molecule has 18 heavy (non-hydrogen) atoms. The Morgan fingerprint density at radius 1 is 1.22 bits per heavy atom. The molecule has 2 aliphatic rings. The first-order valence-corrected chi connectivity index (χ1v) is 6.69. The van der Waals surface area contributed by atoms with E-state index in [0.29, 0.717) is 5.41 Å². The van der Waals surface area contributed by atoms with Crippen molar-refractivity contribution in [3.05, 3.63) is 29.3 Å². The van der Waals surface area contributed by atoms with E-state index in [9.17, 15) is 0 Å². The summed E-state index contributed by atoms with van der Waals surface area (Å²) in [6, 6.07) is 6.42. The summed E-state index contributed by atoms with van der Waals surface area (Å²) in [5.74, 6) is 0.932. The summed E-state index contributed by atoms with van der Waals surface area (Å²) in [4.78, 5) is 0. The average Bonchev–Trinajstić information content (AvgIpc) is 2.71. The van der Waals surface area contributed by atoms with Gasteiger partial charge >= 0.3 is 0 Å². The van der Waals surface area contributed by atoms with Crippen molar-refractivity contribution in [1.29, 1.82) is 0 Å². The summed E-state index contributed by atoms with van der Waals surface area (Å²) in [6.07, 6.45) is 3.77. The van der Waals surface area contributed by atoms with Crippen molar-refractivity contribution in [2.75, 3.05) is 27.3 Å². The van der Waals surface area contributed by atoms with Crippen molar-refractivity contribution in [1.82, 2.24) is 5.32 Å². The Balaban J connectivity index is 1.99. The van der Waals surface area contributed by atoms with Gasteiger partial charge in [0, 0.05) is 12.5 Å². The number of rotatable bonds is 2. The minimum Gasteiger partial charge on any atom is -0.497 e. The highest BCUT2D eigenvalue weighted by atomic mass is 16.5. The highest BCUT2D eigenvalue weighted by Gasteiger charge is 2.46. The lowest BCUT2D eigenvalue weighted by atomic mass is 9.74. The molecule has 0 bridgehead atoms. The second-order valence-electron chi connectivity index (χ2n) is 5.47. The highest BCUT2D eigenvalue weighted by Crippen LogP contribution is 2.53. The van der Waals surface area contributed by atoms with Crippen molar-refractivity contribution in [3.63, 3.8) is 0 Å². The van der Waals surface area contributed by atoms with E-state index in [1.54, 1.807) is 7.11 Å². The Kier molecular flexibility index (Phi) is 3.04. The molecule has 3 nitrogen and oxygen atoms in total. The Morgan fingerprint density at radius 3 is 2.67 bits per heavy atom. The largest absolute Gasteiger partial charge is 0.497 e. The first kappa shape index (κ1) is 12.0. The van der Waals surface area contributed by atoms with Crippen LogP contribution in [0.2, 0.25) is 0 Å². The van der Waals surface area contributed by atoms with Crippen LogP contribution >= 0.6 is 0 Å². The zero-order chi connectivity index (χ0) is 12.6. The normalized spacial score (nSPS) is 25.1. The molecule has 1 fully saturated rings. The topological polar surface area (TPSA) is 30.5 Å². The van der Waals surface area contributed by atoms with Crippen molar-refractivity contribution in [2.45, 2.75) is 25.4 Å². The van der Waals surface area contributed by atoms with Crippen LogP contribution in [-0.2, 0) is 11.2 Å². The molecule has 1 unspecified atom stereocenters. The van der Waals surface area contributed by atoms with Gasteiger partial charge in [0.25, 0.3) is 0 Å². The fraction of sp³-hybridized carbons (Fsp3) is 0.600. The van der Waals surface area contributed by atoms with Crippen molar-refractivity contribution >= 4 is 0 Å². The SMILES string of the molecule is COc1ccc2c(c1)C(OC)C1(CCNCC1)C2. The first-order chi connectivity index (χ1) is 8.79. The second-order valence-corrected chi connectivity index (χ2v) is 5.47. The van der Waals surface area contributed by atoms with Gasteiger partial charge in [-0.25, -0.2) is 0 Å². The summed E-state index contributed by atoms with van der Waals surface area (Å²) in [6.45, 7) is 2.20. The average molecular weight is 247 g/mol. The number of nitrogens with one attached hydrogen (secondary N) is 1. The fourth-order valence-corrected chi connectivity index (χ4v) is 3.65. The van der Waals surface area contributed by atoms with Gasteiger partial charge in [0.1, 0.15) is 5.75 Å². The van der Waals surface area contributed by atoms with E-state index in [2.05, 4.69) is 23.5 Å². The summed E-state index contributed by atoms with van der Waals surface area (Å²) in [5.41, 5.74) is 3.07. The lowest BCUT2D eigenvalue weighted by Gasteiger charge is -2.38. The molecule has 1 aromatic carbocycles. The van der Waals surface area contributed by atoms with Crippen LogP contribution < -0.4 is 10.1 Å². The maximum Gasteiger partial charge on any atom is 0.119 e. The molecule has 1 saturated heterocycles. The fourth-order valence-electron chi connectivity index (χ4n) is 3.65. The lowest BCUT2D eigenvalue weighted by Crippen LogP contribution is -2.39. The van der Waals surface area contributed by atoms with Crippen LogP contribution in [0.15, 0.2) is 18.2 Å². The first-order valence-electron chi connectivity index (χ1n) is 6.69. The third kappa shape index (κ3) is 1.73. The predicted octanol–water partition coefficient (Wildman–Crippen LogP) is 2.31. The Bertz CT molecular complexity index is 438. The lowest BCUT2D eigenvalue weighted by molar-refractivity contribution is -0.0200. The van der Waals surface area contributed by atoms with Crippen molar-refractivity contribution in [2.24, 2.45) is 5.41 Å². The van der Waals surface area contributed by atoms with Crippen LogP contribution in [0, 0.1) is 5.41 Å². The Labute approximate surface area is 108 Å². The molecular formula is C15H21NO2. The molecule has 98 valence electrons. The molecule has 1 atom stereocenters. The number of piperidine rings is 1. The summed E-state index contributed by atoms with van der Waals surface area (Å²) in [5, 5.41) is 3.45. The number of fused-ring (bicyclic) bond motifs is 1. The third-order valence-electron chi connectivity index (χ3n) is 4.57. The van der Waals surface area contributed by atoms with Gasteiger partial charge in [0.05, 0.1) is 13.2 Å². The van der Waals surface area contributed by atoms with E-state index < -0.39 is 0 Å². The molecule has 3 heteroatoms. The van der Waals surface area contributed by atoms with Crippen LogP contribution in [0.1, 0.15) is 30.1 Å².